The molecule has 0 spiro atoms. The maximum Gasteiger partial charge on any atom is 0.314 e. The number of fused-ring (bicyclic) bond motifs is 1. The molecule has 0 heterocycles. The lowest BCUT2D eigenvalue weighted by Gasteiger charge is -2.45. The molecule has 3 aliphatic rings. The van der Waals surface area contributed by atoms with Gasteiger partial charge < -0.3 is 4.74 Å². The Hall–Kier alpha value is -1.57. The van der Waals surface area contributed by atoms with Crippen LogP contribution in [0.1, 0.15) is 76.7 Å². The molecule has 0 bridgehead atoms. The topological polar surface area (TPSA) is 26.3 Å². The Balaban J connectivity index is 1.33. The molecule has 1 aromatic rings. The number of hydrogen-bond donors (Lipinski definition) is 0. The van der Waals surface area contributed by atoms with Crippen LogP contribution in [0.3, 0.4) is 0 Å². The van der Waals surface area contributed by atoms with Crippen molar-refractivity contribution in [2.45, 2.75) is 78.1 Å². The number of rotatable bonds is 4. The number of carbonyl (C=O) groups excluding carboxylic acids is 1. The van der Waals surface area contributed by atoms with Gasteiger partial charge in [0.2, 0.25) is 0 Å². The first-order valence-electron chi connectivity index (χ1n) is 12.0. The van der Waals surface area contributed by atoms with Crippen molar-refractivity contribution in [1.29, 1.82) is 0 Å². The highest BCUT2D eigenvalue weighted by molar-refractivity contribution is 5.75. The standard InChI is InChI=1S/C27H38O2/c1-3-5-20-10-12-21(13-11-20)22-14-17-25-23(18-22)6-4-7-26(25)27(28)29-24-15-8-19(2)9-16-24/h3,5,8-9,15-16,20-23,25-26H,4,6-7,10-14,17-18H2,1-2H3/b5-3+. The summed E-state index contributed by atoms with van der Waals surface area (Å²) < 4.78 is 5.79. The molecule has 0 amide bonds. The second-order valence-electron chi connectivity index (χ2n) is 9.97. The van der Waals surface area contributed by atoms with Crippen LogP contribution >= 0.6 is 0 Å². The third-order valence-corrected chi connectivity index (χ3v) is 8.18. The van der Waals surface area contributed by atoms with E-state index in [9.17, 15) is 4.79 Å². The summed E-state index contributed by atoms with van der Waals surface area (Å²) in [4.78, 5) is 13.0. The van der Waals surface area contributed by atoms with Gasteiger partial charge in [-0.15, -0.1) is 0 Å². The molecule has 0 aliphatic heterocycles. The van der Waals surface area contributed by atoms with Crippen LogP contribution in [0.15, 0.2) is 36.4 Å². The van der Waals surface area contributed by atoms with Gasteiger partial charge in [0.05, 0.1) is 5.92 Å². The molecular weight excluding hydrogens is 356 g/mol. The highest BCUT2D eigenvalue weighted by atomic mass is 16.5. The summed E-state index contributed by atoms with van der Waals surface area (Å²) in [6, 6.07) is 7.88. The van der Waals surface area contributed by atoms with E-state index in [1.165, 1.54) is 63.4 Å². The number of allylic oxidation sites excluding steroid dienone is 2. The molecule has 2 heteroatoms. The van der Waals surface area contributed by atoms with Crippen molar-refractivity contribution in [2.75, 3.05) is 0 Å². The Morgan fingerprint density at radius 2 is 1.62 bits per heavy atom. The van der Waals surface area contributed by atoms with E-state index >= 15 is 0 Å². The van der Waals surface area contributed by atoms with E-state index in [-0.39, 0.29) is 11.9 Å². The van der Waals surface area contributed by atoms with E-state index in [2.05, 4.69) is 26.0 Å². The fourth-order valence-corrected chi connectivity index (χ4v) is 6.60. The Morgan fingerprint density at radius 3 is 2.34 bits per heavy atom. The number of esters is 1. The van der Waals surface area contributed by atoms with E-state index in [1.54, 1.807) is 0 Å². The number of benzene rings is 1. The largest absolute Gasteiger partial charge is 0.426 e. The van der Waals surface area contributed by atoms with Crippen molar-refractivity contribution in [3.05, 3.63) is 42.0 Å². The van der Waals surface area contributed by atoms with Crippen LogP contribution in [0.5, 0.6) is 5.75 Å². The zero-order chi connectivity index (χ0) is 20.2. The first-order valence-corrected chi connectivity index (χ1v) is 12.0. The molecular formula is C27H38O2. The highest BCUT2D eigenvalue weighted by Crippen LogP contribution is 2.50. The molecule has 0 aromatic heterocycles. The van der Waals surface area contributed by atoms with Crippen LogP contribution in [-0.4, -0.2) is 5.97 Å². The van der Waals surface area contributed by atoms with Gasteiger partial charge in [0, 0.05) is 0 Å². The number of hydrogen-bond acceptors (Lipinski definition) is 2. The van der Waals surface area contributed by atoms with Crippen molar-refractivity contribution in [1.82, 2.24) is 0 Å². The fraction of sp³-hybridized carbons (Fsp3) is 0.667. The molecule has 3 fully saturated rings. The van der Waals surface area contributed by atoms with Gasteiger partial charge in [0.1, 0.15) is 5.75 Å². The zero-order valence-electron chi connectivity index (χ0n) is 18.3. The smallest absolute Gasteiger partial charge is 0.314 e. The second-order valence-corrected chi connectivity index (χ2v) is 9.97. The summed E-state index contributed by atoms with van der Waals surface area (Å²) in [6.07, 6.45) is 17.7. The molecule has 0 radical (unpaired) electrons. The van der Waals surface area contributed by atoms with E-state index < -0.39 is 0 Å². The minimum atomic E-state index is 0.0221. The van der Waals surface area contributed by atoms with Crippen LogP contribution < -0.4 is 4.74 Å². The Labute approximate surface area is 177 Å². The number of aryl methyl sites for hydroxylation is 1. The molecule has 4 atom stereocenters. The lowest BCUT2D eigenvalue weighted by Crippen LogP contribution is -2.40. The van der Waals surface area contributed by atoms with Crippen LogP contribution in [-0.2, 0) is 4.79 Å². The van der Waals surface area contributed by atoms with Gasteiger partial charge in [-0.3, -0.25) is 4.79 Å². The highest BCUT2D eigenvalue weighted by Gasteiger charge is 2.43. The molecule has 4 rings (SSSR count). The van der Waals surface area contributed by atoms with Crippen molar-refractivity contribution < 1.29 is 9.53 Å². The first-order chi connectivity index (χ1) is 14.1. The lowest BCUT2D eigenvalue weighted by atomic mass is 9.59. The monoisotopic (exact) mass is 394 g/mol. The quantitative estimate of drug-likeness (QED) is 0.309. The van der Waals surface area contributed by atoms with Gasteiger partial charge in [0.15, 0.2) is 0 Å². The third kappa shape index (κ3) is 4.95. The van der Waals surface area contributed by atoms with E-state index in [1.807, 2.05) is 24.3 Å². The van der Waals surface area contributed by atoms with Crippen LogP contribution in [0.2, 0.25) is 0 Å². The van der Waals surface area contributed by atoms with Crippen molar-refractivity contribution in [2.24, 2.45) is 35.5 Å². The molecule has 4 unspecified atom stereocenters. The minimum absolute atomic E-state index is 0.0221. The van der Waals surface area contributed by atoms with Gasteiger partial charge in [-0.2, -0.15) is 0 Å². The SMILES string of the molecule is C/C=C/C1CCC(C2CCC3C(CCCC3C(=O)Oc3ccc(C)cc3)C2)CC1. The number of carbonyl (C=O) groups is 1. The van der Waals surface area contributed by atoms with Crippen molar-refractivity contribution in [3.63, 3.8) is 0 Å². The second kappa shape index (κ2) is 9.49. The maximum absolute atomic E-state index is 13.0. The predicted octanol–water partition coefficient (Wildman–Crippen LogP) is 7.12. The minimum Gasteiger partial charge on any atom is -0.426 e. The summed E-state index contributed by atoms with van der Waals surface area (Å²) >= 11 is 0. The summed E-state index contributed by atoms with van der Waals surface area (Å²) in [5, 5.41) is 0. The summed E-state index contributed by atoms with van der Waals surface area (Å²) in [5.74, 6) is 4.78. The van der Waals surface area contributed by atoms with Gasteiger partial charge in [-0.25, -0.2) is 0 Å². The molecule has 3 saturated carbocycles. The average Bonchev–Trinajstić information content (AvgIpc) is 2.75. The fourth-order valence-electron chi connectivity index (χ4n) is 6.60. The van der Waals surface area contributed by atoms with E-state index in [0.29, 0.717) is 11.7 Å². The van der Waals surface area contributed by atoms with Crippen molar-refractivity contribution >= 4 is 5.97 Å². The molecule has 2 nitrogen and oxygen atoms in total. The van der Waals surface area contributed by atoms with E-state index in [0.717, 1.165) is 30.1 Å². The summed E-state index contributed by atoms with van der Waals surface area (Å²) in [5.41, 5.74) is 1.20. The molecule has 0 N–H and O–H groups in total. The van der Waals surface area contributed by atoms with Gasteiger partial charge in [-0.05, 0) is 107 Å². The van der Waals surface area contributed by atoms with Crippen LogP contribution in [0.25, 0.3) is 0 Å². The Morgan fingerprint density at radius 1 is 0.897 bits per heavy atom. The molecule has 29 heavy (non-hydrogen) atoms. The predicted molar refractivity (Wildman–Crippen MR) is 119 cm³/mol. The molecule has 3 aliphatic carbocycles. The Bertz CT molecular complexity index is 696. The Kier molecular flexibility index (Phi) is 6.77. The maximum atomic E-state index is 13.0. The third-order valence-electron chi connectivity index (χ3n) is 8.18. The van der Waals surface area contributed by atoms with Crippen molar-refractivity contribution in [3.8, 4) is 5.75 Å². The van der Waals surface area contributed by atoms with Gasteiger partial charge in [0.25, 0.3) is 0 Å². The van der Waals surface area contributed by atoms with Gasteiger partial charge >= 0.3 is 5.97 Å². The normalized spacial score (nSPS) is 35.2. The van der Waals surface area contributed by atoms with Crippen LogP contribution in [0, 0.1) is 42.4 Å². The van der Waals surface area contributed by atoms with Gasteiger partial charge in [-0.1, -0.05) is 42.7 Å². The molecule has 0 saturated heterocycles. The summed E-state index contributed by atoms with van der Waals surface area (Å²) in [6.45, 7) is 4.21. The molecule has 158 valence electrons. The summed E-state index contributed by atoms with van der Waals surface area (Å²) in [7, 11) is 0. The average molecular weight is 395 g/mol. The number of ether oxygens (including phenoxy) is 1. The zero-order valence-corrected chi connectivity index (χ0v) is 18.3. The van der Waals surface area contributed by atoms with E-state index in [4.69, 9.17) is 4.74 Å². The lowest BCUT2D eigenvalue weighted by molar-refractivity contribution is -0.144. The van der Waals surface area contributed by atoms with Crippen LogP contribution in [0.4, 0.5) is 0 Å². The molecule has 1 aromatic carbocycles. The first kappa shape index (κ1) is 20.7.